The van der Waals surface area contributed by atoms with E-state index < -0.39 is 27.4 Å². The van der Waals surface area contributed by atoms with Crippen LogP contribution in [0.1, 0.15) is 60.6 Å². The molecule has 0 radical (unpaired) electrons. The molecule has 46 heavy (non-hydrogen) atoms. The number of nitro groups is 1. The molecule has 1 saturated heterocycles. The van der Waals surface area contributed by atoms with E-state index in [1.165, 1.54) is 10.6 Å². The topological polar surface area (TPSA) is 134 Å². The van der Waals surface area contributed by atoms with Crippen LogP contribution in [-0.2, 0) is 24.2 Å². The van der Waals surface area contributed by atoms with Crippen molar-refractivity contribution in [1.82, 2.24) is 9.47 Å². The van der Waals surface area contributed by atoms with Crippen LogP contribution in [0, 0.1) is 23.0 Å². The molecule has 2 aromatic heterocycles. The van der Waals surface area contributed by atoms with Crippen molar-refractivity contribution in [3.05, 3.63) is 107 Å². The van der Waals surface area contributed by atoms with Crippen LogP contribution in [0.2, 0.25) is 0 Å². The average Bonchev–Trinajstić information content (AvgIpc) is 3.01. The Balaban J connectivity index is 1.19. The Labute approximate surface area is 264 Å². The fraction of sp³-hybridized carbons (Fsp3) is 0.400. The molecule has 2 atom stereocenters. The van der Waals surface area contributed by atoms with Crippen molar-refractivity contribution >= 4 is 22.6 Å². The number of pyridine rings is 1. The predicted molar refractivity (Wildman–Crippen MR) is 170 cm³/mol. The number of ether oxygens (including phenoxy) is 2. The summed E-state index contributed by atoms with van der Waals surface area (Å²) in [5, 5.41) is 12.0. The molecule has 1 fully saturated rings. The Hall–Kier alpha value is -4.93. The van der Waals surface area contributed by atoms with Crippen molar-refractivity contribution in [2.45, 2.75) is 64.5 Å². The van der Waals surface area contributed by atoms with Gasteiger partial charge in [0.05, 0.1) is 10.3 Å². The number of aromatic nitrogens is 1. The maximum absolute atomic E-state index is 13.6. The van der Waals surface area contributed by atoms with Crippen LogP contribution in [0.3, 0.4) is 0 Å². The van der Waals surface area contributed by atoms with Crippen molar-refractivity contribution < 1.29 is 23.6 Å². The van der Waals surface area contributed by atoms with Gasteiger partial charge in [-0.1, -0.05) is 30.3 Å². The summed E-state index contributed by atoms with van der Waals surface area (Å²) in [6, 6.07) is 14.4. The number of aryl methyl sites for hydroxylation is 2. The smallest absolute Gasteiger partial charge is 0.340 e. The standard InChI is InChI=1S/C35H35N3O8/c1-20-25(14-21-7-5-4-6-8-21)34(41)45-32-24-11-12-35(2,3)46-28(24)15-29(31(20)32)44-19-30(39)36-16-22-13-23(18-36)26-9-10-27(38(42)43)33(40)37(26)17-22/h4-10,15,22-23H,11-14,16-19H2,1-3H3/t22-,23+/m1/s1. The summed E-state index contributed by atoms with van der Waals surface area (Å²) in [4.78, 5) is 52.2. The quantitative estimate of drug-likeness (QED) is 0.168. The van der Waals surface area contributed by atoms with Crippen molar-refractivity contribution in [2.75, 3.05) is 19.7 Å². The fourth-order valence-corrected chi connectivity index (χ4v) is 7.31. The third-order valence-corrected chi connectivity index (χ3v) is 9.65. The number of likely N-dealkylation sites (tertiary alicyclic amines) is 1. The molecule has 0 N–H and O–H groups in total. The predicted octanol–water partition coefficient (Wildman–Crippen LogP) is 4.89. The average molecular weight is 626 g/mol. The van der Waals surface area contributed by atoms with Gasteiger partial charge in [-0.2, -0.15) is 0 Å². The van der Waals surface area contributed by atoms with Gasteiger partial charge in [-0.25, -0.2) is 4.79 Å². The highest BCUT2D eigenvalue weighted by Gasteiger charge is 2.38. The number of hydrogen-bond acceptors (Lipinski definition) is 8. The number of rotatable bonds is 6. The zero-order valence-corrected chi connectivity index (χ0v) is 26.0. The maximum atomic E-state index is 13.6. The molecular weight excluding hydrogens is 590 g/mol. The van der Waals surface area contributed by atoms with Gasteiger partial charge in [0.2, 0.25) is 0 Å². The first-order chi connectivity index (χ1) is 22.0. The van der Waals surface area contributed by atoms with Gasteiger partial charge >= 0.3 is 16.9 Å². The van der Waals surface area contributed by atoms with Crippen LogP contribution in [-0.4, -0.2) is 45.6 Å². The summed E-state index contributed by atoms with van der Waals surface area (Å²) in [5.74, 6) is 0.665. The summed E-state index contributed by atoms with van der Waals surface area (Å²) in [6.45, 7) is 6.79. The Kier molecular flexibility index (Phi) is 7.21. The minimum absolute atomic E-state index is 0.00725. The van der Waals surface area contributed by atoms with E-state index >= 15 is 0 Å². The zero-order valence-electron chi connectivity index (χ0n) is 26.0. The largest absolute Gasteiger partial charge is 0.487 e. The van der Waals surface area contributed by atoms with Crippen LogP contribution in [0.15, 0.2) is 62.5 Å². The molecule has 0 aliphatic carbocycles. The van der Waals surface area contributed by atoms with Crippen molar-refractivity contribution in [3.63, 3.8) is 0 Å². The Morgan fingerprint density at radius 3 is 2.65 bits per heavy atom. The number of carbonyl (C=O) groups excluding carboxylic acids is 1. The van der Waals surface area contributed by atoms with E-state index in [-0.39, 0.29) is 24.3 Å². The first-order valence-electron chi connectivity index (χ1n) is 15.6. The van der Waals surface area contributed by atoms with Gasteiger partial charge in [0.15, 0.2) is 6.61 Å². The second-order valence-corrected chi connectivity index (χ2v) is 13.3. The molecule has 2 bridgehead atoms. The van der Waals surface area contributed by atoms with Gasteiger partial charge in [0, 0.05) is 60.9 Å². The molecular formula is C35H35N3O8. The molecule has 11 heteroatoms. The van der Waals surface area contributed by atoms with E-state index in [9.17, 15) is 24.5 Å². The minimum Gasteiger partial charge on any atom is -0.487 e. The highest BCUT2D eigenvalue weighted by Crippen LogP contribution is 2.43. The summed E-state index contributed by atoms with van der Waals surface area (Å²) in [5.41, 5.74) is 2.36. The Bertz CT molecular complexity index is 2010. The molecule has 238 valence electrons. The zero-order chi connectivity index (χ0) is 32.3. The van der Waals surface area contributed by atoms with Crippen LogP contribution in [0.5, 0.6) is 11.5 Å². The van der Waals surface area contributed by atoms with Crippen LogP contribution < -0.4 is 20.7 Å². The van der Waals surface area contributed by atoms with Gasteiger partial charge in [0.1, 0.15) is 22.7 Å². The number of piperidine rings is 1. The van der Waals surface area contributed by atoms with Gasteiger partial charge < -0.3 is 23.4 Å². The lowest BCUT2D eigenvalue weighted by Crippen LogP contribution is -2.50. The van der Waals surface area contributed by atoms with E-state index in [4.69, 9.17) is 13.9 Å². The molecule has 11 nitrogen and oxygen atoms in total. The second kappa shape index (κ2) is 11.1. The number of fused-ring (bicyclic) bond motifs is 7. The summed E-state index contributed by atoms with van der Waals surface area (Å²) >= 11 is 0. The summed E-state index contributed by atoms with van der Waals surface area (Å²) in [6.07, 6.45) is 2.62. The maximum Gasteiger partial charge on any atom is 0.340 e. The third-order valence-electron chi connectivity index (χ3n) is 9.65. The first kappa shape index (κ1) is 29.8. The van der Waals surface area contributed by atoms with Crippen molar-refractivity contribution in [2.24, 2.45) is 5.92 Å². The lowest BCUT2D eigenvalue weighted by Gasteiger charge is -2.42. The molecule has 5 heterocycles. The van der Waals surface area contributed by atoms with E-state index in [1.54, 1.807) is 11.0 Å². The van der Waals surface area contributed by atoms with Crippen molar-refractivity contribution in [1.29, 1.82) is 0 Å². The van der Waals surface area contributed by atoms with E-state index in [0.29, 0.717) is 66.2 Å². The van der Waals surface area contributed by atoms with Gasteiger partial charge in [-0.3, -0.25) is 19.7 Å². The fourth-order valence-electron chi connectivity index (χ4n) is 7.31. The third kappa shape index (κ3) is 5.23. The molecule has 1 amide bonds. The van der Waals surface area contributed by atoms with Crippen LogP contribution in [0.25, 0.3) is 11.0 Å². The number of hydrogen-bond donors (Lipinski definition) is 0. The number of nitrogens with zero attached hydrogens (tertiary/aromatic N) is 3. The SMILES string of the molecule is Cc1c(Cc2ccccc2)c(=O)oc2c3c(cc(OCC(=O)N4C[C@H]5C[C@@H](C4)c4ccc([N+](=O)[O-])c(=O)n4C5)c12)OC(C)(C)CC3. The lowest BCUT2D eigenvalue weighted by atomic mass is 9.83. The molecule has 2 aromatic carbocycles. The van der Waals surface area contributed by atoms with Crippen LogP contribution in [0.4, 0.5) is 5.69 Å². The van der Waals surface area contributed by atoms with Gasteiger partial charge in [-0.05, 0) is 63.1 Å². The number of carbonyl (C=O) groups is 1. The molecule has 4 aromatic rings. The molecule has 7 rings (SSSR count). The first-order valence-corrected chi connectivity index (χ1v) is 15.6. The normalized spacial score (nSPS) is 19.6. The molecule has 0 saturated carbocycles. The monoisotopic (exact) mass is 625 g/mol. The van der Waals surface area contributed by atoms with Crippen LogP contribution >= 0.6 is 0 Å². The summed E-state index contributed by atoms with van der Waals surface area (Å²) < 4.78 is 20.1. The highest BCUT2D eigenvalue weighted by molar-refractivity contribution is 5.92. The van der Waals surface area contributed by atoms with Crippen molar-refractivity contribution in [3.8, 4) is 11.5 Å². The van der Waals surface area contributed by atoms with E-state index in [1.807, 2.05) is 57.2 Å². The molecule has 3 aliphatic heterocycles. The molecule has 0 unspecified atom stereocenters. The molecule has 0 spiro atoms. The van der Waals surface area contributed by atoms with Gasteiger partial charge in [0.25, 0.3) is 5.91 Å². The summed E-state index contributed by atoms with van der Waals surface area (Å²) in [7, 11) is 0. The number of amides is 1. The Morgan fingerprint density at radius 2 is 1.89 bits per heavy atom. The van der Waals surface area contributed by atoms with E-state index in [0.717, 1.165) is 29.5 Å². The second-order valence-electron chi connectivity index (χ2n) is 13.3. The highest BCUT2D eigenvalue weighted by atomic mass is 16.6. The molecule has 3 aliphatic rings. The minimum atomic E-state index is -0.652. The van der Waals surface area contributed by atoms with Gasteiger partial charge in [-0.15, -0.1) is 0 Å². The lowest BCUT2D eigenvalue weighted by molar-refractivity contribution is -0.386. The van der Waals surface area contributed by atoms with E-state index in [2.05, 4.69) is 0 Å². The number of benzene rings is 2. The Morgan fingerprint density at radius 1 is 1.11 bits per heavy atom.